The average molecular weight is 344 g/mol. The van der Waals surface area contributed by atoms with Gasteiger partial charge < -0.3 is 5.32 Å². The van der Waals surface area contributed by atoms with E-state index in [1.165, 1.54) is 13.1 Å². The molecule has 0 bridgehead atoms. The van der Waals surface area contributed by atoms with Crippen LogP contribution < -0.4 is 5.32 Å². The number of aryl methyl sites for hydroxylation is 1. The van der Waals surface area contributed by atoms with Gasteiger partial charge in [0.15, 0.2) is 0 Å². The van der Waals surface area contributed by atoms with Gasteiger partial charge >= 0.3 is 6.18 Å². The highest BCUT2D eigenvalue weighted by atomic mass is 19.4. The lowest BCUT2D eigenvalue weighted by molar-refractivity contribution is -0.138. The number of amidine groups is 1. The van der Waals surface area contributed by atoms with Crippen LogP contribution >= 0.6 is 0 Å². The Balaban J connectivity index is 2.04. The molecular weight excluding hydrogens is 329 g/mol. The van der Waals surface area contributed by atoms with E-state index in [1.807, 2.05) is 24.3 Å². The van der Waals surface area contributed by atoms with Crippen molar-refractivity contribution in [2.75, 3.05) is 7.05 Å². The molecule has 0 unspecified atom stereocenters. The molecule has 2 aromatic carbocycles. The molecule has 2 aliphatic rings. The van der Waals surface area contributed by atoms with Crippen LogP contribution in [-0.2, 0) is 22.8 Å². The van der Waals surface area contributed by atoms with Gasteiger partial charge in [-0.05, 0) is 41.7 Å². The number of hydrogen-bond donors (Lipinski definition) is 1. The van der Waals surface area contributed by atoms with Gasteiger partial charge in [0.2, 0.25) is 5.91 Å². The molecule has 6 heteroatoms. The maximum absolute atomic E-state index is 13.3. The lowest BCUT2D eigenvalue weighted by Crippen LogP contribution is -2.52. The van der Waals surface area contributed by atoms with Crippen LogP contribution in [0.4, 0.5) is 13.2 Å². The topological polar surface area (TPSA) is 41.5 Å². The Morgan fingerprint density at radius 1 is 1.12 bits per heavy atom. The van der Waals surface area contributed by atoms with Crippen LogP contribution in [0.2, 0.25) is 0 Å². The fraction of sp³-hybridized carbons (Fsp3) is 0.263. The molecule has 3 nitrogen and oxygen atoms in total. The summed E-state index contributed by atoms with van der Waals surface area (Å²) in [5.74, 6) is -0.00592. The summed E-state index contributed by atoms with van der Waals surface area (Å²) < 4.78 is 39.8. The minimum Gasteiger partial charge on any atom is -0.309 e. The first-order valence-electron chi connectivity index (χ1n) is 7.96. The lowest BCUT2D eigenvalue weighted by atomic mass is 9.70. The van der Waals surface area contributed by atoms with E-state index in [2.05, 4.69) is 10.3 Å². The number of fused-ring (bicyclic) bond motifs is 4. The smallest absolute Gasteiger partial charge is 0.309 e. The Kier molecular flexibility index (Phi) is 3.29. The summed E-state index contributed by atoms with van der Waals surface area (Å²) in [6.07, 6.45) is -3.37. The molecule has 0 aromatic heterocycles. The van der Waals surface area contributed by atoms with E-state index < -0.39 is 17.2 Å². The highest BCUT2D eigenvalue weighted by Crippen LogP contribution is 2.48. The van der Waals surface area contributed by atoms with Crippen molar-refractivity contribution in [3.05, 3.63) is 70.3 Å². The van der Waals surface area contributed by atoms with Crippen LogP contribution in [0, 0.1) is 0 Å². The molecular formula is C19H15F3N2O. The zero-order valence-corrected chi connectivity index (χ0v) is 13.4. The molecule has 0 saturated heterocycles. The highest BCUT2D eigenvalue weighted by molar-refractivity contribution is 6.17. The predicted octanol–water partition coefficient (Wildman–Crippen LogP) is 3.44. The fourth-order valence-corrected chi connectivity index (χ4v) is 3.99. The van der Waals surface area contributed by atoms with Gasteiger partial charge in [0.25, 0.3) is 0 Å². The SMILES string of the molecule is CN=C1NC(=O)[C@@]2(CCc3ccccc32)c2cc(C(F)(F)F)ccc21. The van der Waals surface area contributed by atoms with Gasteiger partial charge in [0.1, 0.15) is 11.3 Å². The summed E-state index contributed by atoms with van der Waals surface area (Å²) >= 11 is 0. The van der Waals surface area contributed by atoms with E-state index in [-0.39, 0.29) is 5.91 Å². The first-order chi connectivity index (χ1) is 11.9. The van der Waals surface area contributed by atoms with Gasteiger partial charge in [-0.2, -0.15) is 13.2 Å². The molecule has 0 radical (unpaired) electrons. The second-order valence-corrected chi connectivity index (χ2v) is 6.35. The van der Waals surface area contributed by atoms with Gasteiger partial charge in [-0.1, -0.05) is 30.3 Å². The maximum Gasteiger partial charge on any atom is 0.416 e. The molecule has 4 rings (SSSR count). The molecule has 2 aromatic rings. The number of aliphatic imine (C=N–C) groups is 1. The predicted molar refractivity (Wildman–Crippen MR) is 87.6 cm³/mol. The number of carbonyl (C=O) groups is 1. The van der Waals surface area contributed by atoms with Crippen molar-refractivity contribution in [2.45, 2.75) is 24.4 Å². The van der Waals surface area contributed by atoms with Gasteiger partial charge in [0, 0.05) is 12.6 Å². The minimum atomic E-state index is -4.47. The molecule has 1 amide bonds. The second kappa shape index (κ2) is 5.18. The summed E-state index contributed by atoms with van der Waals surface area (Å²) in [5.41, 5.74) is 0.867. The summed E-state index contributed by atoms with van der Waals surface area (Å²) in [7, 11) is 1.51. The number of carbonyl (C=O) groups excluding carboxylic acids is 1. The Morgan fingerprint density at radius 3 is 2.60 bits per heavy atom. The number of hydrogen-bond acceptors (Lipinski definition) is 2. The maximum atomic E-state index is 13.3. The third kappa shape index (κ3) is 2.13. The fourth-order valence-electron chi connectivity index (χ4n) is 3.99. The highest BCUT2D eigenvalue weighted by Gasteiger charge is 2.51. The number of rotatable bonds is 0. The third-order valence-electron chi connectivity index (χ3n) is 5.15. The minimum absolute atomic E-state index is 0.309. The van der Waals surface area contributed by atoms with Gasteiger partial charge in [-0.25, -0.2) is 0 Å². The van der Waals surface area contributed by atoms with Crippen molar-refractivity contribution in [1.82, 2.24) is 5.32 Å². The summed E-state index contributed by atoms with van der Waals surface area (Å²) in [4.78, 5) is 17.0. The van der Waals surface area contributed by atoms with Gasteiger partial charge in [-0.15, -0.1) is 0 Å². The number of nitrogens with zero attached hydrogens (tertiary/aromatic N) is 1. The Morgan fingerprint density at radius 2 is 1.88 bits per heavy atom. The standard InChI is InChI=1S/C19H15F3N2O/c1-23-16-13-7-6-12(19(20,21)22)10-15(13)18(17(25)24-16)9-8-11-4-2-3-5-14(11)18/h2-7,10H,8-9H2,1H3,(H,23,24,25)/t18-/m1/s1. The van der Waals surface area contributed by atoms with Crippen LogP contribution in [0.15, 0.2) is 47.5 Å². The van der Waals surface area contributed by atoms with Gasteiger partial charge in [-0.3, -0.25) is 9.79 Å². The van der Waals surface area contributed by atoms with Crippen LogP contribution in [0.25, 0.3) is 0 Å². The molecule has 0 fully saturated rings. The number of amides is 1. The van der Waals surface area contributed by atoms with Crippen molar-refractivity contribution in [3.8, 4) is 0 Å². The first kappa shape index (κ1) is 15.9. The van der Waals surface area contributed by atoms with E-state index in [4.69, 9.17) is 0 Å². The molecule has 25 heavy (non-hydrogen) atoms. The normalized spacial score (nSPS) is 23.5. The average Bonchev–Trinajstić information content (AvgIpc) is 2.98. The van der Waals surface area contributed by atoms with Crippen molar-refractivity contribution >= 4 is 11.7 Å². The zero-order valence-electron chi connectivity index (χ0n) is 13.4. The quantitative estimate of drug-likeness (QED) is 0.781. The first-order valence-corrected chi connectivity index (χ1v) is 7.96. The van der Waals surface area contributed by atoms with Crippen LogP contribution in [0.5, 0.6) is 0 Å². The van der Waals surface area contributed by atoms with E-state index >= 15 is 0 Å². The Hall–Kier alpha value is -2.63. The number of nitrogens with one attached hydrogen (secondary N) is 1. The summed E-state index contributed by atoms with van der Waals surface area (Å²) in [6.45, 7) is 0. The largest absolute Gasteiger partial charge is 0.416 e. The molecule has 128 valence electrons. The Labute approximate surface area is 142 Å². The molecule has 1 atom stereocenters. The van der Waals surface area contributed by atoms with E-state index in [0.29, 0.717) is 29.8 Å². The van der Waals surface area contributed by atoms with Gasteiger partial charge in [0.05, 0.1) is 5.56 Å². The third-order valence-corrected chi connectivity index (χ3v) is 5.15. The number of halogens is 3. The Bertz CT molecular complexity index is 917. The molecule has 0 saturated carbocycles. The number of alkyl halides is 3. The molecule has 1 aliphatic carbocycles. The van der Waals surface area contributed by atoms with E-state index in [1.54, 1.807) is 0 Å². The summed E-state index contributed by atoms with van der Waals surface area (Å²) in [5, 5.41) is 2.78. The van der Waals surface area contributed by atoms with Crippen molar-refractivity contribution in [1.29, 1.82) is 0 Å². The van der Waals surface area contributed by atoms with E-state index in [9.17, 15) is 18.0 Å². The second-order valence-electron chi connectivity index (χ2n) is 6.35. The van der Waals surface area contributed by atoms with Crippen molar-refractivity contribution < 1.29 is 18.0 Å². The number of benzene rings is 2. The molecule has 1 spiro atoms. The van der Waals surface area contributed by atoms with Crippen LogP contribution in [-0.4, -0.2) is 18.8 Å². The van der Waals surface area contributed by atoms with E-state index in [0.717, 1.165) is 23.3 Å². The zero-order chi connectivity index (χ0) is 17.8. The van der Waals surface area contributed by atoms with Crippen LogP contribution in [0.3, 0.4) is 0 Å². The lowest BCUT2D eigenvalue weighted by Gasteiger charge is -2.36. The monoisotopic (exact) mass is 344 g/mol. The van der Waals surface area contributed by atoms with Crippen molar-refractivity contribution in [3.63, 3.8) is 0 Å². The molecule has 1 heterocycles. The summed E-state index contributed by atoms with van der Waals surface area (Å²) in [6, 6.07) is 11.0. The van der Waals surface area contributed by atoms with Crippen molar-refractivity contribution in [2.24, 2.45) is 4.99 Å². The molecule has 1 N–H and O–H groups in total. The van der Waals surface area contributed by atoms with Crippen LogP contribution in [0.1, 0.15) is 34.2 Å². The molecule has 1 aliphatic heterocycles.